The fourth-order valence-corrected chi connectivity index (χ4v) is 2.84. The summed E-state index contributed by atoms with van der Waals surface area (Å²) in [6.45, 7) is 2.71. The van der Waals surface area contributed by atoms with Crippen LogP contribution in [0.4, 0.5) is 4.39 Å². The molecule has 0 fully saturated rings. The number of fused-ring (bicyclic) bond motifs is 1. The summed E-state index contributed by atoms with van der Waals surface area (Å²) in [6, 6.07) is 4.95. The molecule has 1 nitrogen and oxygen atoms in total. The molecule has 2 N–H and O–H groups in total. The maximum Gasteiger partial charge on any atom is 0.124 e. The molecule has 74 valence electrons. The SMILES string of the molecule is Cc1sc2cc(F)ccc2c1CCN. The second kappa shape index (κ2) is 3.67. The van der Waals surface area contributed by atoms with Crippen molar-refractivity contribution in [2.24, 2.45) is 5.73 Å². The number of rotatable bonds is 2. The van der Waals surface area contributed by atoms with Crippen molar-refractivity contribution in [2.45, 2.75) is 13.3 Å². The summed E-state index contributed by atoms with van der Waals surface area (Å²) in [4.78, 5) is 1.25. The first kappa shape index (κ1) is 9.62. The number of aryl methyl sites for hydroxylation is 1. The average Bonchev–Trinajstić information content (AvgIpc) is 2.43. The highest BCUT2D eigenvalue weighted by Crippen LogP contribution is 2.31. The van der Waals surface area contributed by atoms with E-state index in [2.05, 4.69) is 6.92 Å². The largest absolute Gasteiger partial charge is 0.330 e. The molecule has 1 aromatic carbocycles. The Bertz CT molecular complexity index is 462. The van der Waals surface area contributed by atoms with Crippen molar-refractivity contribution >= 4 is 21.4 Å². The molecule has 2 aromatic rings. The first-order valence-electron chi connectivity index (χ1n) is 4.60. The molecule has 2 rings (SSSR count). The topological polar surface area (TPSA) is 26.0 Å². The molecule has 0 aliphatic rings. The van der Waals surface area contributed by atoms with Crippen LogP contribution in [-0.4, -0.2) is 6.54 Å². The van der Waals surface area contributed by atoms with Gasteiger partial charge >= 0.3 is 0 Å². The Balaban J connectivity index is 2.64. The molecule has 0 amide bonds. The van der Waals surface area contributed by atoms with Gasteiger partial charge in [-0.15, -0.1) is 11.3 Å². The molecule has 3 heteroatoms. The van der Waals surface area contributed by atoms with E-state index in [1.54, 1.807) is 17.4 Å². The summed E-state index contributed by atoms with van der Waals surface area (Å²) in [5.74, 6) is -0.168. The normalized spacial score (nSPS) is 11.1. The van der Waals surface area contributed by atoms with Gasteiger partial charge in [-0.3, -0.25) is 0 Å². The lowest BCUT2D eigenvalue weighted by Crippen LogP contribution is -2.02. The molecule has 1 heterocycles. The quantitative estimate of drug-likeness (QED) is 0.808. The van der Waals surface area contributed by atoms with E-state index in [1.807, 2.05) is 6.07 Å². The summed E-state index contributed by atoms with van der Waals surface area (Å²) in [5, 5.41) is 1.15. The molecule has 0 atom stereocenters. The van der Waals surface area contributed by atoms with Crippen LogP contribution >= 0.6 is 11.3 Å². The van der Waals surface area contributed by atoms with Gasteiger partial charge in [-0.2, -0.15) is 0 Å². The van der Waals surface area contributed by atoms with E-state index < -0.39 is 0 Å². The van der Waals surface area contributed by atoms with E-state index in [9.17, 15) is 4.39 Å². The standard InChI is InChI=1S/C11H12FNS/c1-7-9(4-5-13)10-3-2-8(12)6-11(10)14-7/h2-3,6H,4-5,13H2,1H3. The zero-order valence-electron chi connectivity index (χ0n) is 8.01. The summed E-state index contributed by atoms with van der Waals surface area (Å²) < 4.78 is 14.0. The van der Waals surface area contributed by atoms with Crippen molar-refractivity contribution < 1.29 is 4.39 Å². The predicted molar refractivity (Wildman–Crippen MR) is 59.3 cm³/mol. The highest BCUT2D eigenvalue weighted by molar-refractivity contribution is 7.19. The Morgan fingerprint density at radius 1 is 1.43 bits per heavy atom. The molecule has 0 bridgehead atoms. The summed E-state index contributed by atoms with van der Waals surface area (Å²) in [7, 11) is 0. The van der Waals surface area contributed by atoms with Gasteiger partial charge in [0, 0.05) is 9.58 Å². The zero-order chi connectivity index (χ0) is 10.1. The van der Waals surface area contributed by atoms with Gasteiger partial charge < -0.3 is 5.73 Å². The van der Waals surface area contributed by atoms with Gasteiger partial charge in [-0.1, -0.05) is 6.07 Å². The Morgan fingerprint density at radius 2 is 2.21 bits per heavy atom. The van der Waals surface area contributed by atoms with E-state index >= 15 is 0 Å². The van der Waals surface area contributed by atoms with Gasteiger partial charge in [0.25, 0.3) is 0 Å². The van der Waals surface area contributed by atoms with Crippen molar-refractivity contribution in [3.05, 3.63) is 34.5 Å². The average molecular weight is 209 g/mol. The summed E-state index contributed by atoms with van der Waals surface area (Å²) >= 11 is 1.64. The van der Waals surface area contributed by atoms with Crippen molar-refractivity contribution in [1.82, 2.24) is 0 Å². The van der Waals surface area contributed by atoms with Crippen LogP contribution in [0.25, 0.3) is 10.1 Å². The molecular weight excluding hydrogens is 197 g/mol. The fraction of sp³-hybridized carbons (Fsp3) is 0.273. The van der Waals surface area contributed by atoms with E-state index in [0.29, 0.717) is 6.54 Å². The van der Waals surface area contributed by atoms with Crippen molar-refractivity contribution in [3.8, 4) is 0 Å². The Kier molecular flexibility index (Phi) is 2.52. The van der Waals surface area contributed by atoms with Crippen molar-refractivity contribution in [2.75, 3.05) is 6.54 Å². The number of hydrogen-bond donors (Lipinski definition) is 1. The molecule has 0 spiro atoms. The van der Waals surface area contributed by atoms with Crippen LogP contribution in [0.3, 0.4) is 0 Å². The van der Waals surface area contributed by atoms with Gasteiger partial charge in [0.15, 0.2) is 0 Å². The van der Waals surface area contributed by atoms with E-state index in [4.69, 9.17) is 5.73 Å². The number of nitrogens with two attached hydrogens (primary N) is 1. The number of benzene rings is 1. The van der Waals surface area contributed by atoms with Crippen molar-refractivity contribution in [1.29, 1.82) is 0 Å². The summed E-state index contributed by atoms with van der Waals surface area (Å²) in [6.07, 6.45) is 0.872. The van der Waals surface area contributed by atoms with E-state index in [-0.39, 0.29) is 5.82 Å². The second-order valence-electron chi connectivity index (χ2n) is 3.32. The Morgan fingerprint density at radius 3 is 2.93 bits per heavy atom. The number of thiophene rings is 1. The van der Waals surface area contributed by atoms with Crippen LogP contribution < -0.4 is 5.73 Å². The fourth-order valence-electron chi connectivity index (χ4n) is 1.70. The molecular formula is C11H12FNS. The third-order valence-corrected chi connectivity index (χ3v) is 3.46. The third kappa shape index (κ3) is 1.53. The van der Waals surface area contributed by atoms with Crippen LogP contribution in [0.5, 0.6) is 0 Å². The minimum Gasteiger partial charge on any atom is -0.330 e. The first-order chi connectivity index (χ1) is 6.72. The van der Waals surface area contributed by atoms with Crippen LogP contribution in [0.2, 0.25) is 0 Å². The first-order valence-corrected chi connectivity index (χ1v) is 5.41. The van der Waals surface area contributed by atoms with Crippen LogP contribution in [0, 0.1) is 12.7 Å². The lowest BCUT2D eigenvalue weighted by Gasteiger charge is -1.97. The van der Waals surface area contributed by atoms with Crippen LogP contribution in [0.1, 0.15) is 10.4 Å². The Hall–Kier alpha value is -0.930. The minimum atomic E-state index is -0.168. The van der Waals surface area contributed by atoms with E-state index in [1.165, 1.54) is 16.5 Å². The second-order valence-corrected chi connectivity index (χ2v) is 4.57. The van der Waals surface area contributed by atoms with Gasteiger partial charge in [0.05, 0.1) is 0 Å². The molecule has 0 aliphatic heterocycles. The highest BCUT2D eigenvalue weighted by atomic mass is 32.1. The lowest BCUT2D eigenvalue weighted by molar-refractivity contribution is 0.630. The number of hydrogen-bond acceptors (Lipinski definition) is 2. The maximum absolute atomic E-state index is 12.9. The molecule has 0 radical (unpaired) electrons. The highest BCUT2D eigenvalue weighted by Gasteiger charge is 2.08. The molecule has 1 aromatic heterocycles. The molecule has 0 saturated heterocycles. The third-order valence-electron chi connectivity index (χ3n) is 2.35. The van der Waals surface area contributed by atoms with Gasteiger partial charge in [-0.25, -0.2) is 4.39 Å². The van der Waals surface area contributed by atoms with E-state index in [0.717, 1.165) is 16.5 Å². The Labute approximate surface area is 86.4 Å². The molecule has 0 saturated carbocycles. The van der Waals surface area contributed by atoms with Gasteiger partial charge in [0.1, 0.15) is 5.82 Å². The molecule has 0 aliphatic carbocycles. The van der Waals surface area contributed by atoms with Gasteiger partial charge in [0.2, 0.25) is 0 Å². The summed E-state index contributed by atoms with van der Waals surface area (Å²) in [5.41, 5.74) is 6.81. The lowest BCUT2D eigenvalue weighted by atomic mass is 10.1. The molecule has 14 heavy (non-hydrogen) atoms. The minimum absolute atomic E-state index is 0.168. The molecule has 0 unspecified atom stereocenters. The van der Waals surface area contributed by atoms with Crippen LogP contribution in [0.15, 0.2) is 18.2 Å². The van der Waals surface area contributed by atoms with Crippen LogP contribution in [-0.2, 0) is 6.42 Å². The smallest absolute Gasteiger partial charge is 0.124 e. The monoisotopic (exact) mass is 209 g/mol. The van der Waals surface area contributed by atoms with Crippen molar-refractivity contribution in [3.63, 3.8) is 0 Å². The predicted octanol–water partition coefficient (Wildman–Crippen LogP) is 2.85. The van der Waals surface area contributed by atoms with Gasteiger partial charge in [-0.05, 0) is 43.0 Å². The maximum atomic E-state index is 12.9. The zero-order valence-corrected chi connectivity index (χ0v) is 8.83. The number of halogens is 1.